The maximum absolute atomic E-state index is 8.86. The normalized spacial score (nSPS) is 12.6. The molecule has 0 spiro atoms. The molecule has 1 unspecified atom stereocenters. The van der Waals surface area contributed by atoms with Crippen LogP contribution in [0, 0.1) is 5.92 Å². The van der Waals surface area contributed by atoms with Crippen LogP contribution in [0.15, 0.2) is 0 Å². The van der Waals surface area contributed by atoms with Crippen LogP contribution in [0.4, 0.5) is 0 Å². The van der Waals surface area contributed by atoms with Gasteiger partial charge in [-0.15, -0.1) is 0 Å². The summed E-state index contributed by atoms with van der Waals surface area (Å²) in [6.45, 7) is 5.74. The molecule has 0 bridgehead atoms. The lowest BCUT2D eigenvalue weighted by atomic mass is 9.92. The number of hydrogen-bond donors (Lipinski definition) is 2. The largest absolute Gasteiger partial charge is 0.394 e. The summed E-state index contributed by atoms with van der Waals surface area (Å²) in [5.41, 5.74) is 0. The molecule has 0 rings (SSSR count). The molecule has 0 radical (unpaired) electrons. The Morgan fingerprint density at radius 2 is 0.912 bits per heavy atom. The van der Waals surface area contributed by atoms with E-state index >= 15 is 0 Å². The fraction of sp³-hybridized carbons (Fsp3) is 1.00. The van der Waals surface area contributed by atoms with Gasteiger partial charge in [-0.1, -0.05) is 147 Å². The fourth-order valence-electron chi connectivity index (χ4n) is 4.66. The van der Waals surface area contributed by atoms with Crippen molar-refractivity contribution < 1.29 is 19.9 Å². The Bertz CT molecular complexity index is 362. The summed E-state index contributed by atoms with van der Waals surface area (Å²) in [5, 5.41) is 19.1. The lowest BCUT2D eigenvalue weighted by Gasteiger charge is -2.20. The van der Waals surface area contributed by atoms with E-state index in [9.17, 15) is 0 Å². The second kappa shape index (κ2) is 29.0. The summed E-state index contributed by atoms with van der Waals surface area (Å²) in [7, 11) is 0. The van der Waals surface area contributed by atoms with Gasteiger partial charge in [-0.05, 0) is 12.3 Å². The molecule has 0 fully saturated rings. The molecule has 206 valence electrons. The Labute approximate surface area is 212 Å². The molecule has 5 heteroatoms. The maximum Gasteiger partial charge on any atom is 0.0942 e. The quantitative estimate of drug-likeness (QED) is 0.0827. The van der Waals surface area contributed by atoms with Gasteiger partial charge in [-0.25, -0.2) is 0 Å². The number of aliphatic hydroxyl groups excluding tert-OH is 2. The van der Waals surface area contributed by atoms with Crippen LogP contribution in [-0.2, 0) is 9.68 Å². The van der Waals surface area contributed by atoms with Gasteiger partial charge >= 0.3 is 0 Å². The highest BCUT2D eigenvalue weighted by Gasteiger charge is 2.07. The van der Waals surface area contributed by atoms with Crippen LogP contribution in [0.2, 0.25) is 0 Å². The molecule has 0 aliphatic rings. The molecule has 0 aliphatic carbocycles. The Morgan fingerprint density at radius 3 is 1.29 bits per heavy atom. The molecular formula is C29H61NO4. The molecule has 0 heterocycles. The smallest absolute Gasteiger partial charge is 0.0942 e. The van der Waals surface area contributed by atoms with E-state index in [4.69, 9.17) is 19.9 Å². The van der Waals surface area contributed by atoms with E-state index in [1.807, 2.05) is 0 Å². The van der Waals surface area contributed by atoms with Crippen molar-refractivity contribution in [3.63, 3.8) is 0 Å². The summed E-state index contributed by atoms with van der Waals surface area (Å²) >= 11 is 0. The van der Waals surface area contributed by atoms with Crippen LogP contribution in [0.5, 0.6) is 0 Å². The molecule has 0 aromatic heterocycles. The molecule has 0 aliphatic heterocycles. The standard InChI is InChI=1S/C29H61NO4/c1-3-5-6-7-8-9-10-13-16-19-22-29(4-2)23-20-17-14-11-12-15-18-21-24-30(33-27-25-31)34-28-26-32/h29,31-32H,3-28H2,1-2H3. The molecule has 1 atom stereocenters. The van der Waals surface area contributed by atoms with Crippen LogP contribution in [-0.4, -0.2) is 48.4 Å². The molecule has 0 aromatic carbocycles. The Hall–Kier alpha value is -0.200. The second-order valence-corrected chi connectivity index (χ2v) is 10.0. The van der Waals surface area contributed by atoms with Crippen molar-refractivity contribution >= 4 is 0 Å². The van der Waals surface area contributed by atoms with Gasteiger partial charge in [0, 0.05) is 0 Å². The minimum absolute atomic E-state index is 0.0305. The third-order valence-corrected chi connectivity index (χ3v) is 6.90. The third kappa shape index (κ3) is 24.9. The van der Waals surface area contributed by atoms with Crippen molar-refractivity contribution in [3.8, 4) is 0 Å². The third-order valence-electron chi connectivity index (χ3n) is 6.90. The zero-order valence-electron chi connectivity index (χ0n) is 23.1. The van der Waals surface area contributed by atoms with Crippen LogP contribution in [0.3, 0.4) is 0 Å². The van der Waals surface area contributed by atoms with Crippen molar-refractivity contribution in [1.29, 1.82) is 0 Å². The predicted octanol–water partition coefficient (Wildman–Crippen LogP) is 7.98. The number of hydroxylamine groups is 2. The average Bonchev–Trinajstić information content (AvgIpc) is 2.86. The molecular weight excluding hydrogens is 426 g/mol. The predicted molar refractivity (Wildman–Crippen MR) is 145 cm³/mol. The van der Waals surface area contributed by atoms with E-state index in [1.54, 1.807) is 0 Å². The van der Waals surface area contributed by atoms with Crippen LogP contribution in [0.25, 0.3) is 0 Å². The highest BCUT2D eigenvalue weighted by atomic mass is 16.9. The average molecular weight is 488 g/mol. The number of rotatable bonds is 29. The number of hydrogen-bond acceptors (Lipinski definition) is 5. The van der Waals surface area contributed by atoms with E-state index in [2.05, 4.69) is 13.8 Å². The van der Waals surface area contributed by atoms with Gasteiger partial charge in [0.05, 0.1) is 33.0 Å². The minimum Gasteiger partial charge on any atom is -0.394 e. The first-order valence-electron chi connectivity index (χ1n) is 15.0. The minimum atomic E-state index is -0.0305. The summed E-state index contributed by atoms with van der Waals surface area (Å²) in [6.07, 6.45) is 28.9. The van der Waals surface area contributed by atoms with E-state index in [1.165, 1.54) is 127 Å². The zero-order chi connectivity index (χ0) is 25.0. The molecule has 2 N–H and O–H groups in total. The Balaban J connectivity index is 3.46. The van der Waals surface area contributed by atoms with Crippen molar-refractivity contribution in [2.45, 2.75) is 149 Å². The van der Waals surface area contributed by atoms with Crippen molar-refractivity contribution in [1.82, 2.24) is 5.23 Å². The first kappa shape index (κ1) is 33.8. The van der Waals surface area contributed by atoms with Gasteiger partial charge < -0.3 is 10.2 Å². The molecule has 0 saturated carbocycles. The van der Waals surface area contributed by atoms with Gasteiger partial charge in [-0.3, -0.25) is 9.68 Å². The molecule has 0 saturated heterocycles. The summed E-state index contributed by atoms with van der Waals surface area (Å²) < 4.78 is 0. The number of aliphatic hydroxyl groups is 2. The number of nitrogens with zero attached hydrogens (tertiary/aromatic N) is 1. The maximum atomic E-state index is 8.86. The van der Waals surface area contributed by atoms with Gasteiger partial charge in [0.1, 0.15) is 0 Å². The summed E-state index contributed by atoms with van der Waals surface area (Å²) in [6, 6.07) is 0. The van der Waals surface area contributed by atoms with Crippen LogP contribution < -0.4 is 0 Å². The van der Waals surface area contributed by atoms with E-state index in [0.29, 0.717) is 6.54 Å². The molecule has 0 amide bonds. The van der Waals surface area contributed by atoms with Gasteiger partial charge in [-0.2, -0.15) is 0 Å². The lowest BCUT2D eigenvalue weighted by molar-refractivity contribution is -0.371. The van der Waals surface area contributed by atoms with E-state index in [0.717, 1.165) is 18.8 Å². The van der Waals surface area contributed by atoms with Gasteiger partial charge in [0.25, 0.3) is 0 Å². The van der Waals surface area contributed by atoms with Gasteiger partial charge in [0.15, 0.2) is 0 Å². The summed E-state index contributed by atoms with van der Waals surface area (Å²) in [4.78, 5) is 10.6. The van der Waals surface area contributed by atoms with Crippen molar-refractivity contribution in [3.05, 3.63) is 0 Å². The first-order chi connectivity index (χ1) is 16.8. The molecule has 0 aromatic rings. The Kier molecular flexibility index (Phi) is 28.9. The SMILES string of the molecule is CCCCCCCCCCCCC(CC)CCCCCCCCCCN(OCCO)OCCO. The monoisotopic (exact) mass is 487 g/mol. The van der Waals surface area contributed by atoms with Gasteiger partial charge in [0.2, 0.25) is 0 Å². The van der Waals surface area contributed by atoms with Crippen LogP contribution in [0.1, 0.15) is 149 Å². The fourth-order valence-corrected chi connectivity index (χ4v) is 4.66. The second-order valence-electron chi connectivity index (χ2n) is 10.0. The topological polar surface area (TPSA) is 62.2 Å². The Morgan fingerprint density at radius 1 is 0.529 bits per heavy atom. The number of unbranched alkanes of at least 4 members (excludes halogenated alkanes) is 16. The van der Waals surface area contributed by atoms with E-state index in [-0.39, 0.29) is 26.4 Å². The van der Waals surface area contributed by atoms with Crippen molar-refractivity contribution in [2.24, 2.45) is 5.92 Å². The highest BCUT2D eigenvalue weighted by Crippen LogP contribution is 2.22. The van der Waals surface area contributed by atoms with Crippen LogP contribution >= 0.6 is 0 Å². The highest BCUT2D eigenvalue weighted by molar-refractivity contribution is 4.59. The zero-order valence-corrected chi connectivity index (χ0v) is 23.1. The first-order valence-corrected chi connectivity index (χ1v) is 15.0. The summed E-state index contributed by atoms with van der Waals surface area (Å²) in [5.74, 6) is 0.957. The van der Waals surface area contributed by atoms with Crippen molar-refractivity contribution in [2.75, 3.05) is 33.0 Å². The lowest BCUT2D eigenvalue weighted by Crippen LogP contribution is -2.28. The molecule has 5 nitrogen and oxygen atoms in total. The van der Waals surface area contributed by atoms with E-state index < -0.39 is 0 Å². The molecule has 34 heavy (non-hydrogen) atoms.